The summed E-state index contributed by atoms with van der Waals surface area (Å²) in [5, 5.41) is 2.80. The van der Waals surface area contributed by atoms with E-state index < -0.39 is 0 Å². The summed E-state index contributed by atoms with van der Waals surface area (Å²) in [6.07, 6.45) is 4.46. The van der Waals surface area contributed by atoms with Crippen LogP contribution in [-0.2, 0) is 6.54 Å². The minimum Gasteiger partial charge on any atom is -0.339 e. The van der Waals surface area contributed by atoms with Crippen molar-refractivity contribution in [3.05, 3.63) is 65.5 Å². The molecular weight excluding hydrogens is 357 g/mol. The van der Waals surface area contributed by atoms with E-state index in [9.17, 15) is 14.0 Å². The molecule has 1 aliphatic heterocycles. The molecule has 0 aliphatic carbocycles. The van der Waals surface area contributed by atoms with Crippen LogP contribution in [0.3, 0.4) is 0 Å². The Morgan fingerprint density at radius 1 is 1.04 bits per heavy atom. The van der Waals surface area contributed by atoms with Crippen molar-refractivity contribution in [3.8, 4) is 0 Å². The fraction of sp³-hybridized carbons (Fsp3) is 0.364. The SMILES string of the molecule is CN(Cc1cccc(F)c1)C(=O)Nc1ccc(C(=O)N2CCCCCC2)cc1. The molecule has 2 aromatic carbocycles. The lowest BCUT2D eigenvalue weighted by atomic mass is 10.1. The minimum atomic E-state index is -0.323. The standard InChI is InChI=1S/C22H26FN3O2/c1-25(16-17-7-6-8-19(23)15-17)22(28)24-20-11-9-18(10-12-20)21(27)26-13-4-2-3-5-14-26/h6-12,15H,2-5,13-14,16H2,1H3,(H,24,28). The number of anilines is 1. The first kappa shape index (κ1) is 19.9. The molecular formula is C22H26FN3O2. The molecule has 0 atom stereocenters. The number of carbonyl (C=O) groups excluding carboxylic acids is 2. The first-order valence-corrected chi connectivity index (χ1v) is 9.69. The lowest BCUT2D eigenvalue weighted by Gasteiger charge is -2.21. The van der Waals surface area contributed by atoms with Gasteiger partial charge in [0.15, 0.2) is 0 Å². The molecule has 0 unspecified atom stereocenters. The average molecular weight is 383 g/mol. The van der Waals surface area contributed by atoms with Crippen molar-refractivity contribution in [2.45, 2.75) is 32.2 Å². The molecule has 5 nitrogen and oxygen atoms in total. The summed E-state index contributed by atoms with van der Waals surface area (Å²) in [6.45, 7) is 1.92. The molecule has 3 amide bonds. The fourth-order valence-corrected chi connectivity index (χ4v) is 3.35. The summed E-state index contributed by atoms with van der Waals surface area (Å²) in [5.41, 5.74) is 1.97. The van der Waals surface area contributed by atoms with Crippen LogP contribution in [0.25, 0.3) is 0 Å². The van der Waals surface area contributed by atoms with Crippen molar-refractivity contribution in [3.63, 3.8) is 0 Å². The van der Waals surface area contributed by atoms with Crippen LogP contribution in [0.5, 0.6) is 0 Å². The maximum Gasteiger partial charge on any atom is 0.321 e. The van der Waals surface area contributed by atoms with E-state index in [-0.39, 0.29) is 17.8 Å². The van der Waals surface area contributed by atoms with Gasteiger partial charge in [-0.05, 0) is 54.8 Å². The van der Waals surface area contributed by atoms with Crippen LogP contribution in [0.4, 0.5) is 14.9 Å². The molecule has 1 fully saturated rings. The summed E-state index contributed by atoms with van der Waals surface area (Å²) in [4.78, 5) is 28.4. The maximum absolute atomic E-state index is 13.3. The first-order valence-electron chi connectivity index (χ1n) is 9.69. The summed E-state index contributed by atoms with van der Waals surface area (Å²) < 4.78 is 13.3. The number of hydrogen-bond acceptors (Lipinski definition) is 2. The quantitative estimate of drug-likeness (QED) is 0.845. The van der Waals surface area contributed by atoms with Gasteiger partial charge in [0.25, 0.3) is 5.91 Å². The smallest absolute Gasteiger partial charge is 0.321 e. The predicted octanol–water partition coefficient (Wildman–Crippen LogP) is 4.51. The normalized spacial score (nSPS) is 14.3. The van der Waals surface area contributed by atoms with E-state index in [0.29, 0.717) is 17.8 Å². The number of rotatable bonds is 4. The predicted molar refractivity (Wildman–Crippen MR) is 108 cm³/mol. The number of urea groups is 1. The van der Waals surface area contributed by atoms with Crippen LogP contribution in [0.2, 0.25) is 0 Å². The second-order valence-corrected chi connectivity index (χ2v) is 7.20. The topological polar surface area (TPSA) is 52.7 Å². The first-order chi connectivity index (χ1) is 13.5. The average Bonchev–Trinajstić information content (AvgIpc) is 2.97. The Labute approximate surface area is 165 Å². The molecule has 0 aromatic heterocycles. The van der Waals surface area contributed by atoms with Crippen molar-refractivity contribution >= 4 is 17.6 Å². The van der Waals surface area contributed by atoms with Crippen LogP contribution < -0.4 is 5.32 Å². The van der Waals surface area contributed by atoms with E-state index in [2.05, 4.69) is 5.32 Å². The van der Waals surface area contributed by atoms with Gasteiger partial charge in [-0.25, -0.2) is 9.18 Å². The third kappa shape index (κ3) is 5.31. The van der Waals surface area contributed by atoms with Crippen LogP contribution in [0, 0.1) is 5.82 Å². The lowest BCUT2D eigenvalue weighted by Crippen LogP contribution is -2.32. The van der Waals surface area contributed by atoms with E-state index in [0.717, 1.165) is 31.5 Å². The van der Waals surface area contributed by atoms with E-state index in [1.165, 1.54) is 29.9 Å². The van der Waals surface area contributed by atoms with Gasteiger partial charge in [-0.2, -0.15) is 0 Å². The summed E-state index contributed by atoms with van der Waals surface area (Å²) >= 11 is 0. The van der Waals surface area contributed by atoms with Gasteiger partial charge in [-0.1, -0.05) is 25.0 Å². The minimum absolute atomic E-state index is 0.0444. The Morgan fingerprint density at radius 3 is 2.36 bits per heavy atom. The number of nitrogens with one attached hydrogen (secondary N) is 1. The zero-order valence-electron chi connectivity index (χ0n) is 16.2. The molecule has 28 heavy (non-hydrogen) atoms. The number of carbonyl (C=O) groups is 2. The molecule has 3 rings (SSSR count). The van der Waals surface area contributed by atoms with E-state index in [1.807, 2.05) is 4.90 Å². The van der Waals surface area contributed by atoms with Gasteiger partial charge in [0.2, 0.25) is 0 Å². The molecule has 2 aromatic rings. The Bertz CT molecular complexity index is 815. The van der Waals surface area contributed by atoms with Crippen molar-refractivity contribution < 1.29 is 14.0 Å². The Kier molecular flexibility index (Phi) is 6.63. The Morgan fingerprint density at radius 2 is 1.71 bits per heavy atom. The van der Waals surface area contributed by atoms with Gasteiger partial charge in [-0.15, -0.1) is 0 Å². The lowest BCUT2D eigenvalue weighted by molar-refractivity contribution is 0.0761. The number of hydrogen-bond donors (Lipinski definition) is 1. The summed E-state index contributed by atoms with van der Waals surface area (Å²) in [6, 6.07) is 12.8. The number of likely N-dealkylation sites (tertiary alicyclic amines) is 1. The van der Waals surface area contributed by atoms with Gasteiger partial charge in [-0.3, -0.25) is 4.79 Å². The van der Waals surface area contributed by atoms with Gasteiger partial charge < -0.3 is 15.1 Å². The second-order valence-electron chi connectivity index (χ2n) is 7.20. The van der Waals surface area contributed by atoms with Gasteiger partial charge in [0, 0.05) is 37.9 Å². The highest BCUT2D eigenvalue weighted by Gasteiger charge is 2.17. The largest absolute Gasteiger partial charge is 0.339 e. The van der Waals surface area contributed by atoms with Crippen LogP contribution in [0.1, 0.15) is 41.6 Å². The molecule has 0 spiro atoms. The monoisotopic (exact) mass is 383 g/mol. The summed E-state index contributed by atoms with van der Waals surface area (Å²) in [7, 11) is 1.65. The van der Waals surface area contributed by atoms with Gasteiger partial charge in [0.05, 0.1) is 0 Å². The molecule has 1 N–H and O–H groups in total. The third-order valence-electron chi connectivity index (χ3n) is 4.93. The van der Waals surface area contributed by atoms with Crippen LogP contribution >= 0.6 is 0 Å². The molecule has 148 valence electrons. The zero-order valence-corrected chi connectivity index (χ0v) is 16.2. The van der Waals surface area contributed by atoms with Crippen molar-refractivity contribution in [2.75, 3.05) is 25.5 Å². The number of nitrogens with zero attached hydrogens (tertiary/aromatic N) is 2. The molecule has 1 saturated heterocycles. The third-order valence-corrected chi connectivity index (χ3v) is 4.93. The highest BCUT2D eigenvalue weighted by Crippen LogP contribution is 2.16. The highest BCUT2D eigenvalue weighted by atomic mass is 19.1. The fourth-order valence-electron chi connectivity index (χ4n) is 3.35. The molecule has 6 heteroatoms. The second kappa shape index (κ2) is 9.35. The van der Waals surface area contributed by atoms with Crippen LogP contribution in [0.15, 0.2) is 48.5 Å². The summed E-state index contributed by atoms with van der Waals surface area (Å²) in [5.74, 6) is -0.279. The van der Waals surface area contributed by atoms with E-state index in [4.69, 9.17) is 0 Å². The Hall–Kier alpha value is -2.89. The number of amides is 3. The van der Waals surface area contributed by atoms with Crippen molar-refractivity contribution in [1.29, 1.82) is 0 Å². The van der Waals surface area contributed by atoms with Gasteiger partial charge in [0.1, 0.15) is 5.82 Å². The Balaban J connectivity index is 1.57. The van der Waals surface area contributed by atoms with Crippen LogP contribution in [-0.4, -0.2) is 41.9 Å². The molecule has 1 heterocycles. The van der Waals surface area contributed by atoms with Gasteiger partial charge >= 0.3 is 6.03 Å². The molecule has 1 aliphatic rings. The zero-order chi connectivity index (χ0) is 19.9. The number of halogens is 1. The van der Waals surface area contributed by atoms with Crippen molar-refractivity contribution in [1.82, 2.24) is 9.80 Å². The molecule has 0 radical (unpaired) electrons. The van der Waals surface area contributed by atoms with E-state index >= 15 is 0 Å². The highest BCUT2D eigenvalue weighted by molar-refractivity contribution is 5.95. The van der Waals surface area contributed by atoms with E-state index in [1.54, 1.807) is 43.4 Å². The number of benzene rings is 2. The molecule has 0 bridgehead atoms. The maximum atomic E-state index is 13.3. The van der Waals surface area contributed by atoms with Crippen molar-refractivity contribution in [2.24, 2.45) is 0 Å². The molecule has 0 saturated carbocycles.